The predicted octanol–water partition coefficient (Wildman–Crippen LogP) is 8.60. The summed E-state index contributed by atoms with van der Waals surface area (Å²) in [4.78, 5) is 19.3. The van der Waals surface area contributed by atoms with E-state index in [1.807, 2.05) is 35.1 Å². The molecule has 9 rings (SSSR count). The molecule has 17 heteroatoms. The van der Waals surface area contributed by atoms with Crippen LogP contribution >= 0.6 is 11.8 Å². The van der Waals surface area contributed by atoms with Gasteiger partial charge in [0.2, 0.25) is 0 Å². The molecule has 65 heavy (non-hydrogen) atoms. The van der Waals surface area contributed by atoms with Gasteiger partial charge in [-0.25, -0.2) is 21.6 Å². The molecule has 2 bridgehead atoms. The average molecular weight is 958 g/mol. The summed E-state index contributed by atoms with van der Waals surface area (Å²) in [5.41, 5.74) is -0.448. The minimum absolute atomic E-state index is 0.0232. The van der Waals surface area contributed by atoms with Gasteiger partial charge in [-0.15, -0.1) is 11.8 Å². The second-order valence-electron chi connectivity index (χ2n) is 20.0. The Balaban J connectivity index is 0.919. The van der Waals surface area contributed by atoms with Gasteiger partial charge in [0.1, 0.15) is 4.90 Å². The van der Waals surface area contributed by atoms with Gasteiger partial charge in [-0.2, -0.15) is 13.2 Å². The first-order valence-electron chi connectivity index (χ1n) is 22.8. The Hall–Kier alpha value is -3.61. The van der Waals surface area contributed by atoms with E-state index in [0.717, 1.165) is 81.5 Å². The van der Waals surface area contributed by atoms with E-state index in [1.165, 1.54) is 56.0 Å². The molecule has 3 aromatic carbocycles. The molecule has 2 heterocycles. The molecular weight excluding hydrogens is 896 g/mol. The normalized spacial score (nSPS) is 24.5. The Kier molecular flexibility index (Phi) is 13.9. The van der Waals surface area contributed by atoms with Gasteiger partial charge in [-0.3, -0.25) is 14.6 Å². The summed E-state index contributed by atoms with van der Waals surface area (Å²) in [6.07, 6.45) is 8.82. The van der Waals surface area contributed by atoms with Crippen LogP contribution in [0.3, 0.4) is 0 Å². The molecule has 1 atom stereocenters. The largest absolute Gasteiger partial charge is 0.501 e. The van der Waals surface area contributed by atoms with Crippen LogP contribution in [-0.2, 0) is 24.6 Å². The molecule has 2 N–H and O–H groups in total. The van der Waals surface area contributed by atoms with Gasteiger partial charge in [-0.1, -0.05) is 50.1 Å². The number of carbonyl (C=O) groups excluding carboxylic acids is 1. The molecule has 2 saturated heterocycles. The van der Waals surface area contributed by atoms with E-state index >= 15 is 0 Å². The van der Waals surface area contributed by atoms with E-state index < -0.39 is 47.1 Å². The molecule has 3 saturated carbocycles. The van der Waals surface area contributed by atoms with Crippen LogP contribution in [-0.4, -0.2) is 115 Å². The number of sulfonamides is 1. The van der Waals surface area contributed by atoms with Crippen molar-refractivity contribution in [2.45, 2.75) is 98.4 Å². The zero-order valence-corrected chi connectivity index (χ0v) is 40.0. The van der Waals surface area contributed by atoms with Crippen LogP contribution in [0.1, 0.15) is 82.5 Å². The van der Waals surface area contributed by atoms with Gasteiger partial charge in [0.05, 0.1) is 23.8 Å². The highest BCUT2D eigenvalue weighted by molar-refractivity contribution is 7.99. The minimum atomic E-state index is -6.04. The number of hydrogen-bond donors (Lipinski definition) is 2. The van der Waals surface area contributed by atoms with Crippen LogP contribution in [0.15, 0.2) is 98.6 Å². The maximum atomic E-state index is 14.2. The van der Waals surface area contributed by atoms with Crippen molar-refractivity contribution in [1.29, 1.82) is 0 Å². The maximum absolute atomic E-state index is 14.2. The van der Waals surface area contributed by atoms with Gasteiger partial charge in [0.15, 0.2) is 0 Å². The lowest BCUT2D eigenvalue weighted by atomic mass is 9.33. The van der Waals surface area contributed by atoms with Crippen molar-refractivity contribution in [2.75, 3.05) is 81.5 Å². The molecule has 0 spiro atoms. The van der Waals surface area contributed by atoms with Crippen LogP contribution in [0.25, 0.3) is 0 Å². The number of alkyl halides is 3. The summed E-state index contributed by atoms with van der Waals surface area (Å²) in [5.74, 6) is -0.610. The lowest BCUT2D eigenvalue weighted by Crippen LogP contribution is -2.61. The highest BCUT2D eigenvalue weighted by Gasteiger charge is 2.66. The van der Waals surface area contributed by atoms with Crippen molar-refractivity contribution in [1.82, 2.24) is 14.5 Å². The van der Waals surface area contributed by atoms with Crippen molar-refractivity contribution in [3.8, 4) is 0 Å². The number of morpholine rings is 1. The molecule has 4 aliphatic carbocycles. The van der Waals surface area contributed by atoms with Gasteiger partial charge in [0.25, 0.3) is 25.8 Å². The van der Waals surface area contributed by atoms with Crippen LogP contribution in [0.2, 0.25) is 0 Å². The number of nitrogens with one attached hydrogen (secondary N) is 2. The number of halogens is 3. The molecule has 354 valence electrons. The molecule has 11 nitrogen and oxygen atoms in total. The standard InChI is InChI=1S/C48H62F3N5O6S3/c1-45(2)18-17-41(47-32-46(3,33-47)34-47)36(29-45)30-55-20-22-56(23-21-55)38-13-11-35(12-14-38)44(57)53-65(60,61)40-15-16-42(43(28-40)64(58,59)48(49,50)51)52-37(31-63-39-9-5-4-6-10-39)8-7-19-54-24-26-62-27-25-54/h4-6,9-16,28,37,52H,7-8,17-27,29-34H2,1-3H3,(H,53,57)/t37-,46?,47?/m1/s1. The highest BCUT2D eigenvalue weighted by atomic mass is 32.2. The lowest BCUT2D eigenvalue weighted by Gasteiger charge is -2.72. The zero-order valence-electron chi connectivity index (χ0n) is 37.6. The van der Waals surface area contributed by atoms with Crippen molar-refractivity contribution in [2.24, 2.45) is 16.2 Å². The number of anilines is 2. The quantitative estimate of drug-likeness (QED) is 0.0998. The molecule has 2 aliphatic heterocycles. The first-order chi connectivity index (χ1) is 30.7. The number of amides is 1. The SMILES string of the molecule is CC1(C)CCC(C23CC(C)(C2)C3)=C(CN2CCN(c3ccc(C(=O)NS(=O)(=O)c4ccc(N[C@H](CCCN5CCOCC5)CSc5ccccc5)c(S(=O)(=O)C(F)(F)F)c4)cc3)CC2)C1. The van der Waals surface area contributed by atoms with Gasteiger partial charge in [0, 0.05) is 73.8 Å². The second-order valence-corrected chi connectivity index (χ2v) is 24.6. The number of sulfone groups is 1. The van der Waals surface area contributed by atoms with E-state index in [2.05, 4.69) is 40.8 Å². The summed E-state index contributed by atoms with van der Waals surface area (Å²) in [5, 5.41) is 3.01. The first-order valence-corrected chi connectivity index (χ1v) is 26.7. The Labute approximate surface area is 386 Å². The number of rotatable bonds is 17. The summed E-state index contributed by atoms with van der Waals surface area (Å²) in [6.45, 7) is 15.1. The van der Waals surface area contributed by atoms with E-state index in [4.69, 9.17) is 4.74 Å². The molecule has 0 aromatic heterocycles. The van der Waals surface area contributed by atoms with Gasteiger partial charge >= 0.3 is 5.51 Å². The van der Waals surface area contributed by atoms with Crippen molar-refractivity contribution < 1.29 is 39.5 Å². The monoisotopic (exact) mass is 957 g/mol. The third kappa shape index (κ3) is 10.9. The second kappa shape index (κ2) is 18.8. The third-order valence-electron chi connectivity index (χ3n) is 14.2. The summed E-state index contributed by atoms with van der Waals surface area (Å²) in [6, 6.07) is 18.0. The summed E-state index contributed by atoms with van der Waals surface area (Å²) < 4.78 is 103. The molecule has 3 aromatic rings. The smallest absolute Gasteiger partial charge is 0.380 e. The van der Waals surface area contributed by atoms with E-state index in [9.17, 15) is 34.8 Å². The minimum Gasteiger partial charge on any atom is -0.380 e. The van der Waals surface area contributed by atoms with Crippen LogP contribution < -0.4 is 14.9 Å². The Morgan fingerprint density at radius 2 is 1.54 bits per heavy atom. The molecule has 5 fully saturated rings. The number of allylic oxidation sites excluding steroid dienone is 1. The Bertz CT molecular complexity index is 2430. The van der Waals surface area contributed by atoms with Crippen molar-refractivity contribution in [3.05, 3.63) is 89.5 Å². The number of carbonyl (C=O) groups is 1. The topological polar surface area (TPSA) is 128 Å². The van der Waals surface area contributed by atoms with E-state index in [-0.39, 0.29) is 11.3 Å². The highest BCUT2D eigenvalue weighted by Crippen LogP contribution is 2.77. The van der Waals surface area contributed by atoms with Gasteiger partial charge < -0.3 is 15.0 Å². The fourth-order valence-corrected chi connectivity index (χ4v) is 14.0. The lowest BCUT2D eigenvalue weighted by molar-refractivity contribution is -0.166. The number of hydrogen-bond acceptors (Lipinski definition) is 11. The Morgan fingerprint density at radius 1 is 0.862 bits per heavy atom. The van der Waals surface area contributed by atoms with Crippen LogP contribution in [0.5, 0.6) is 0 Å². The first kappa shape index (κ1) is 47.9. The number of ether oxygens (including phenoxy) is 1. The number of thioether (sulfide) groups is 1. The maximum Gasteiger partial charge on any atom is 0.501 e. The molecule has 0 unspecified atom stereocenters. The van der Waals surface area contributed by atoms with Gasteiger partial charge in [-0.05, 0) is 129 Å². The van der Waals surface area contributed by atoms with E-state index in [0.29, 0.717) is 54.1 Å². The van der Waals surface area contributed by atoms with E-state index in [1.54, 1.807) is 23.3 Å². The van der Waals surface area contributed by atoms with Crippen LogP contribution in [0, 0.1) is 16.2 Å². The Morgan fingerprint density at radius 3 is 2.18 bits per heavy atom. The zero-order chi connectivity index (χ0) is 46.3. The fraction of sp³-hybridized carbons (Fsp3) is 0.562. The number of piperazine rings is 1. The number of benzene rings is 3. The molecule has 0 radical (unpaired) electrons. The molecular formula is C48H62F3N5O6S3. The molecule has 6 aliphatic rings. The number of nitrogens with zero attached hydrogens (tertiary/aromatic N) is 3. The fourth-order valence-electron chi connectivity index (χ4n) is 11.0. The van der Waals surface area contributed by atoms with Crippen molar-refractivity contribution in [3.63, 3.8) is 0 Å². The summed E-state index contributed by atoms with van der Waals surface area (Å²) in [7, 11) is -10.9. The van der Waals surface area contributed by atoms with Crippen LogP contribution in [0.4, 0.5) is 24.5 Å². The average Bonchev–Trinajstić information content (AvgIpc) is 3.24. The summed E-state index contributed by atoms with van der Waals surface area (Å²) >= 11 is 1.47. The van der Waals surface area contributed by atoms with Crippen molar-refractivity contribution >= 4 is 48.9 Å². The third-order valence-corrected chi connectivity index (χ3v) is 18.2. The molecule has 1 amide bonds. The predicted molar refractivity (Wildman–Crippen MR) is 250 cm³/mol.